The standard InChI is InChI=1S/C23H18N2O5/c1-2-23(29)17-10-19-20-15(11-25(19)21(27)16(17)12-30-22(23)28)13(7-5-9-26)14-6-3-4-8-18(14)24-20/h3-10,29H,2,11-12H2,1H3/b7-5+. The topological polar surface area (TPSA) is 98.5 Å². The van der Waals surface area contributed by atoms with Crippen LogP contribution < -0.4 is 5.56 Å². The highest BCUT2D eigenvalue weighted by molar-refractivity contribution is 5.95. The highest BCUT2D eigenvalue weighted by atomic mass is 16.6. The van der Waals surface area contributed by atoms with Crippen LogP contribution in [0.25, 0.3) is 28.4 Å². The van der Waals surface area contributed by atoms with Crippen molar-refractivity contribution in [2.75, 3.05) is 0 Å². The van der Waals surface area contributed by atoms with Gasteiger partial charge in [0, 0.05) is 16.5 Å². The van der Waals surface area contributed by atoms with Crippen LogP contribution in [0.15, 0.2) is 41.2 Å². The number of cyclic esters (lactones) is 1. The van der Waals surface area contributed by atoms with Crippen LogP contribution in [-0.4, -0.2) is 26.9 Å². The van der Waals surface area contributed by atoms with E-state index in [1.54, 1.807) is 23.6 Å². The summed E-state index contributed by atoms with van der Waals surface area (Å²) in [5, 5.41) is 11.8. The second-order valence-corrected chi connectivity index (χ2v) is 7.47. The van der Waals surface area contributed by atoms with Gasteiger partial charge in [-0.05, 0) is 30.2 Å². The summed E-state index contributed by atoms with van der Waals surface area (Å²) in [6, 6.07) is 9.24. The molecule has 2 aliphatic heterocycles. The lowest BCUT2D eigenvalue weighted by atomic mass is 9.86. The SMILES string of the molecule is CCC1(O)C(=O)OCc2c1cc1n(c2=O)Cc2c-1nc1ccccc1c2/C=C/C=O. The summed E-state index contributed by atoms with van der Waals surface area (Å²) in [6.45, 7) is 1.79. The number of fused-ring (bicyclic) bond motifs is 5. The van der Waals surface area contributed by atoms with Crippen LogP contribution in [0.1, 0.15) is 35.6 Å². The van der Waals surface area contributed by atoms with Gasteiger partial charge in [-0.2, -0.15) is 0 Å². The Bertz CT molecular complexity index is 1340. The van der Waals surface area contributed by atoms with Gasteiger partial charge < -0.3 is 14.4 Å². The van der Waals surface area contributed by atoms with E-state index in [9.17, 15) is 19.5 Å². The minimum absolute atomic E-state index is 0.0903. The van der Waals surface area contributed by atoms with Crippen molar-refractivity contribution in [2.24, 2.45) is 0 Å². The monoisotopic (exact) mass is 402 g/mol. The molecule has 1 unspecified atom stereocenters. The molecule has 1 aromatic carbocycles. The third-order valence-electron chi connectivity index (χ3n) is 5.98. The van der Waals surface area contributed by atoms with Crippen LogP contribution in [0, 0.1) is 0 Å². The number of hydrogen-bond donors (Lipinski definition) is 1. The number of rotatable bonds is 3. The Balaban J connectivity index is 1.84. The number of aldehydes is 1. The number of nitrogens with zero attached hydrogens (tertiary/aromatic N) is 2. The van der Waals surface area contributed by atoms with Crippen LogP contribution in [-0.2, 0) is 33.1 Å². The van der Waals surface area contributed by atoms with Crippen LogP contribution in [0.2, 0.25) is 0 Å². The molecule has 7 nitrogen and oxygen atoms in total. The summed E-state index contributed by atoms with van der Waals surface area (Å²) in [5.74, 6) is -0.749. The van der Waals surface area contributed by atoms with Gasteiger partial charge in [0.15, 0.2) is 5.60 Å². The normalized spacial score (nSPS) is 19.5. The maximum absolute atomic E-state index is 13.3. The molecule has 0 fully saturated rings. The Kier molecular flexibility index (Phi) is 3.98. The number of carbonyl (C=O) groups is 2. The van der Waals surface area contributed by atoms with Gasteiger partial charge in [-0.25, -0.2) is 9.78 Å². The first-order valence-corrected chi connectivity index (χ1v) is 9.70. The number of benzene rings is 1. The lowest BCUT2D eigenvalue weighted by Crippen LogP contribution is -2.44. The summed E-state index contributed by atoms with van der Waals surface area (Å²) < 4.78 is 6.69. The molecule has 0 bridgehead atoms. The zero-order chi connectivity index (χ0) is 21.0. The number of hydrogen-bond acceptors (Lipinski definition) is 6. The zero-order valence-corrected chi connectivity index (χ0v) is 16.2. The molecule has 0 aliphatic carbocycles. The summed E-state index contributed by atoms with van der Waals surface area (Å²) in [5.41, 5.74) is 1.91. The molecule has 2 aliphatic rings. The second-order valence-electron chi connectivity index (χ2n) is 7.47. The van der Waals surface area contributed by atoms with E-state index >= 15 is 0 Å². The Morgan fingerprint density at radius 2 is 2.07 bits per heavy atom. The third-order valence-corrected chi connectivity index (χ3v) is 5.98. The molecule has 0 saturated carbocycles. The number of para-hydroxylation sites is 1. The number of carbonyl (C=O) groups excluding carboxylic acids is 2. The van der Waals surface area contributed by atoms with Crippen molar-refractivity contribution >= 4 is 29.2 Å². The summed E-state index contributed by atoms with van der Waals surface area (Å²) >= 11 is 0. The summed E-state index contributed by atoms with van der Waals surface area (Å²) in [7, 11) is 0. The van der Waals surface area contributed by atoms with Crippen LogP contribution >= 0.6 is 0 Å². The van der Waals surface area contributed by atoms with E-state index in [0.717, 1.165) is 22.0 Å². The predicted molar refractivity (Wildman–Crippen MR) is 110 cm³/mol. The third kappa shape index (κ3) is 2.35. The van der Waals surface area contributed by atoms with Gasteiger partial charge in [0.2, 0.25) is 0 Å². The molecule has 0 amide bonds. The number of pyridine rings is 2. The maximum atomic E-state index is 13.3. The Labute approximate surface area is 171 Å². The van der Waals surface area contributed by atoms with Crippen molar-refractivity contribution in [1.29, 1.82) is 0 Å². The number of ether oxygens (including phenoxy) is 1. The molecule has 1 atom stereocenters. The van der Waals surface area contributed by atoms with Crippen molar-refractivity contribution in [1.82, 2.24) is 9.55 Å². The molecule has 1 N–H and O–H groups in total. The first-order chi connectivity index (χ1) is 14.5. The van der Waals surface area contributed by atoms with Crippen molar-refractivity contribution in [3.05, 3.63) is 69.0 Å². The fourth-order valence-electron chi connectivity index (χ4n) is 4.39. The van der Waals surface area contributed by atoms with Gasteiger partial charge in [0.05, 0.1) is 29.0 Å². The lowest BCUT2D eigenvalue weighted by Gasteiger charge is -2.31. The van der Waals surface area contributed by atoms with Crippen molar-refractivity contribution in [3.63, 3.8) is 0 Å². The largest absolute Gasteiger partial charge is 0.458 e. The molecular weight excluding hydrogens is 384 g/mol. The van der Waals surface area contributed by atoms with Crippen LogP contribution in [0.5, 0.6) is 0 Å². The zero-order valence-electron chi connectivity index (χ0n) is 16.2. The predicted octanol–water partition coefficient (Wildman–Crippen LogP) is 2.29. The molecule has 4 heterocycles. The first-order valence-electron chi connectivity index (χ1n) is 9.70. The van der Waals surface area contributed by atoms with E-state index in [-0.39, 0.29) is 36.3 Å². The van der Waals surface area contributed by atoms with Crippen LogP contribution in [0.3, 0.4) is 0 Å². The van der Waals surface area contributed by atoms with E-state index in [2.05, 4.69) is 0 Å². The number of allylic oxidation sites excluding steroid dienone is 1. The molecule has 3 aromatic rings. The van der Waals surface area contributed by atoms with E-state index < -0.39 is 11.6 Å². The van der Waals surface area contributed by atoms with E-state index in [1.165, 1.54) is 6.08 Å². The van der Waals surface area contributed by atoms with Gasteiger partial charge in [0.1, 0.15) is 12.9 Å². The lowest BCUT2D eigenvalue weighted by molar-refractivity contribution is -0.172. The molecular formula is C23H18N2O5. The minimum Gasteiger partial charge on any atom is -0.458 e. The van der Waals surface area contributed by atoms with Crippen molar-refractivity contribution < 1.29 is 19.4 Å². The second kappa shape index (κ2) is 6.47. The smallest absolute Gasteiger partial charge is 0.343 e. The van der Waals surface area contributed by atoms with Gasteiger partial charge in [0.25, 0.3) is 5.56 Å². The number of aromatic nitrogens is 2. The molecule has 150 valence electrons. The molecule has 2 aromatic heterocycles. The Morgan fingerprint density at radius 3 is 2.83 bits per heavy atom. The molecule has 0 radical (unpaired) electrons. The summed E-state index contributed by atoms with van der Waals surface area (Å²) in [4.78, 5) is 41.3. The van der Waals surface area contributed by atoms with E-state index in [1.807, 2.05) is 24.3 Å². The van der Waals surface area contributed by atoms with Crippen molar-refractivity contribution in [3.8, 4) is 11.4 Å². The van der Waals surface area contributed by atoms with Gasteiger partial charge in [-0.3, -0.25) is 9.59 Å². The van der Waals surface area contributed by atoms with Crippen LogP contribution in [0.4, 0.5) is 0 Å². The van der Waals surface area contributed by atoms with E-state index in [4.69, 9.17) is 9.72 Å². The quantitative estimate of drug-likeness (QED) is 0.321. The number of esters is 1. The number of aliphatic hydroxyl groups is 1. The van der Waals surface area contributed by atoms with Gasteiger partial charge in [-0.1, -0.05) is 31.2 Å². The van der Waals surface area contributed by atoms with Gasteiger partial charge >= 0.3 is 5.97 Å². The fraction of sp³-hybridized carbons (Fsp3) is 0.217. The summed E-state index contributed by atoms with van der Waals surface area (Å²) in [6.07, 6.45) is 3.94. The molecule has 0 saturated heterocycles. The highest BCUT2D eigenvalue weighted by Crippen LogP contribution is 2.40. The maximum Gasteiger partial charge on any atom is 0.343 e. The molecule has 30 heavy (non-hydrogen) atoms. The highest BCUT2D eigenvalue weighted by Gasteiger charge is 2.45. The average Bonchev–Trinajstić information content (AvgIpc) is 3.13. The Hall–Kier alpha value is -3.58. The van der Waals surface area contributed by atoms with Crippen molar-refractivity contribution in [2.45, 2.75) is 32.1 Å². The molecule has 7 heteroatoms. The minimum atomic E-state index is -1.86. The van der Waals surface area contributed by atoms with Gasteiger partial charge in [-0.15, -0.1) is 0 Å². The van der Waals surface area contributed by atoms with E-state index in [0.29, 0.717) is 17.7 Å². The Morgan fingerprint density at radius 1 is 1.27 bits per heavy atom. The average molecular weight is 402 g/mol. The molecule has 5 rings (SSSR count). The fourth-order valence-corrected chi connectivity index (χ4v) is 4.39. The first kappa shape index (κ1) is 18.4. The molecule has 0 spiro atoms.